The molecule has 1 amide bonds. The molecule has 0 saturated carbocycles. The second-order valence-electron chi connectivity index (χ2n) is 5.25. The predicted molar refractivity (Wildman–Crippen MR) is 76.1 cm³/mol. The van der Waals surface area contributed by atoms with Gasteiger partial charge in [-0.1, -0.05) is 12.1 Å². The normalized spacial score (nSPS) is 18.0. The average molecular weight is 262 g/mol. The van der Waals surface area contributed by atoms with Gasteiger partial charge in [-0.25, -0.2) is 0 Å². The number of nitrogen functional groups attached to an aromatic ring is 1. The fourth-order valence-electron chi connectivity index (χ4n) is 2.50. The number of rotatable bonds is 3. The van der Waals surface area contributed by atoms with Crippen LogP contribution < -0.4 is 11.1 Å². The molecule has 0 bridgehead atoms. The molecule has 0 aromatic heterocycles. The van der Waals surface area contributed by atoms with Gasteiger partial charge in [-0.3, -0.25) is 4.79 Å². The van der Waals surface area contributed by atoms with Gasteiger partial charge in [0, 0.05) is 24.9 Å². The van der Waals surface area contributed by atoms with Gasteiger partial charge in [0.25, 0.3) is 5.91 Å². The maximum absolute atomic E-state index is 12.2. The second-order valence-corrected chi connectivity index (χ2v) is 5.25. The molecule has 104 valence electrons. The highest BCUT2D eigenvalue weighted by Gasteiger charge is 2.22. The highest BCUT2D eigenvalue weighted by atomic mass is 16.5. The van der Waals surface area contributed by atoms with E-state index in [0.717, 1.165) is 31.6 Å². The maximum atomic E-state index is 12.2. The van der Waals surface area contributed by atoms with Crippen LogP contribution in [0.25, 0.3) is 0 Å². The largest absolute Gasteiger partial charge is 0.398 e. The van der Waals surface area contributed by atoms with E-state index in [-0.39, 0.29) is 11.9 Å². The lowest BCUT2D eigenvalue weighted by Gasteiger charge is -2.28. The molecule has 1 aliphatic rings. The number of para-hydroxylation sites is 1. The summed E-state index contributed by atoms with van der Waals surface area (Å²) in [7, 11) is 0. The topological polar surface area (TPSA) is 64.3 Å². The highest BCUT2D eigenvalue weighted by Crippen LogP contribution is 2.20. The monoisotopic (exact) mass is 262 g/mol. The predicted octanol–water partition coefficient (Wildman–Crippen LogP) is 2.12. The molecule has 1 heterocycles. The van der Waals surface area contributed by atoms with Gasteiger partial charge >= 0.3 is 0 Å². The minimum atomic E-state index is -0.0832. The molecule has 0 aliphatic carbocycles. The zero-order valence-corrected chi connectivity index (χ0v) is 11.6. The quantitative estimate of drug-likeness (QED) is 0.820. The van der Waals surface area contributed by atoms with Crippen molar-refractivity contribution in [3.63, 3.8) is 0 Å². The number of carbonyl (C=O) groups excluding carboxylic acids is 1. The zero-order chi connectivity index (χ0) is 13.8. The summed E-state index contributed by atoms with van der Waals surface area (Å²) in [5.74, 6) is 0.406. The Morgan fingerprint density at radius 1 is 1.42 bits per heavy atom. The van der Waals surface area contributed by atoms with Gasteiger partial charge in [-0.05, 0) is 44.2 Å². The van der Waals surface area contributed by atoms with Crippen LogP contribution in [0, 0.1) is 12.8 Å². The van der Waals surface area contributed by atoms with E-state index in [4.69, 9.17) is 10.5 Å². The molecule has 1 aromatic rings. The van der Waals surface area contributed by atoms with E-state index >= 15 is 0 Å². The van der Waals surface area contributed by atoms with Crippen LogP contribution >= 0.6 is 0 Å². The van der Waals surface area contributed by atoms with Crippen LogP contribution in [0.2, 0.25) is 0 Å². The Labute approximate surface area is 114 Å². The molecule has 1 aromatic carbocycles. The van der Waals surface area contributed by atoms with E-state index in [1.54, 1.807) is 6.07 Å². The molecule has 4 heteroatoms. The molecular formula is C15H22N2O2. The minimum absolute atomic E-state index is 0.0832. The van der Waals surface area contributed by atoms with Gasteiger partial charge in [-0.15, -0.1) is 0 Å². The molecule has 0 spiro atoms. The number of benzene rings is 1. The Hall–Kier alpha value is -1.55. The first-order valence-electron chi connectivity index (χ1n) is 6.83. The van der Waals surface area contributed by atoms with Crippen LogP contribution in [0.5, 0.6) is 0 Å². The first-order valence-corrected chi connectivity index (χ1v) is 6.83. The SMILES string of the molecule is Cc1cccc(C(=O)NC(C)C2CCOCC2)c1N. The van der Waals surface area contributed by atoms with Crippen molar-refractivity contribution in [3.8, 4) is 0 Å². The van der Waals surface area contributed by atoms with Crippen molar-refractivity contribution in [3.05, 3.63) is 29.3 Å². The van der Waals surface area contributed by atoms with Crippen molar-refractivity contribution in [2.75, 3.05) is 18.9 Å². The summed E-state index contributed by atoms with van der Waals surface area (Å²) in [6.45, 7) is 5.54. The van der Waals surface area contributed by atoms with E-state index in [0.29, 0.717) is 17.2 Å². The van der Waals surface area contributed by atoms with E-state index in [9.17, 15) is 4.79 Å². The third kappa shape index (κ3) is 3.26. The van der Waals surface area contributed by atoms with Gasteiger partial charge < -0.3 is 15.8 Å². The van der Waals surface area contributed by atoms with Crippen LogP contribution in [0.1, 0.15) is 35.7 Å². The number of hydrogen-bond acceptors (Lipinski definition) is 3. The van der Waals surface area contributed by atoms with Crippen LogP contribution in [0.3, 0.4) is 0 Å². The summed E-state index contributed by atoms with van der Waals surface area (Å²) >= 11 is 0. The lowest BCUT2D eigenvalue weighted by atomic mass is 9.92. The van der Waals surface area contributed by atoms with Crippen molar-refractivity contribution < 1.29 is 9.53 Å². The van der Waals surface area contributed by atoms with Crippen molar-refractivity contribution in [1.29, 1.82) is 0 Å². The Morgan fingerprint density at radius 3 is 2.79 bits per heavy atom. The van der Waals surface area contributed by atoms with Crippen molar-refractivity contribution in [2.24, 2.45) is 5.92 Å². The van der Waals surface area contributed by atoms with Crippen molar-refractivity contribution >= 4 is 11.6 Å². The summed E-state index contributed by atoms with van der Waals surface area (Å²) in [4.78, 5) is 12.2. The molecule has 1 saturated heterocycles. The van der Waals surface area contributed by atoms with E-state index in [1.807, 2.05) is 19.1 Å². The van der Waals surface area contributed by atoms with Crippen molar-refractivity contribution in [1.82, 2.24) is 5.32 Å². The summed E-state index contributed by atoms with van der Waals surface area (Å²) < 4.78 is 5.34. The Kier molecular flexibility index (Phi) is 4.43. The van der Waals surface area contributed by atoms with Crippen molar-refractivity contribution in [2.45, 2.75) is 32.7 Å². The number of amides is 1. The Morgan fingerprint density at radius 2 is 2.11 bits per heavy atom. The lowest BCUT2D eigenvalue weighted by molar-refractivity contribution is 0.0538. The van der Waals surface area contributed by atoms with Gasteiger partial charge in [0.15, 0.2) is 0 Å². The summed E-state index contributed by atoms with van der Waals surface area (Å²) in [6, 6.07) is 5.69. The van der Waals surface area contributed by atoms with E-state index in [2.05, 4.69) is 12.2 Å². The molecule has 3 N–H and O–H groups in total. The third-order valence-corrected chi connectivity index (χ3v) is 3.90. The van der Waals surface area contributed by atoms with Gasteiger partial charge in [0.1, 0.15) is 0 Å². The van der Waals surface area contributed by atoms with E-state index < -0.39 is 0 Å². The average Bonchev–Trinajstić information content (AvgIpc) is 2.42. The maximum Gasteiger partial charge on any atom is 0.253 e. The molecule has 1 atom stereocenters. The summed E-state index contributed by atoms with van der Waals surface area (Å²) in [5, 5.41) is 3.06. The Bertz CT molecular complexity index is 453. The van der Waals surface area contributed by atoms with Gasteiger partial charge in [-0.2, -0.15) is 0 Å². The van der Waals surface area contributed by atoms with Crippen LogP contribution in [-0.2, 0) is 4.74 Å². The molecule has 0 radical (unpaired) electrons. The molecule has 1 fully saturated rings. The van der Waals surface area contributed by atoms with Gasteiger partial charge in [0.05, 0.1) is 5.56 Å². The van der Waals surface area contributed by atoms with Crippen LogP contribution in [0.4, 0.5) is 5.69 Å². The number of aryl methyl sites for hydroxylation is 1. The van der Waals surface area contributed by atoms with Crippen LogP contribution in [0.15, 0.2) is 18.2 Å². The first-order chi connectivity index (χ1) is 9.09. The molecular weight excluding hydrogens is 240 g/mol. The standard InChI is InChI=1S/C15H22N2O2/c1-10-4-3-5-13(14(10)16)15(18)17-11(2)12-6-8-19-9-7-12/h3-5,11-12H,6-9,16H2,1-2H3,(H,17,18). The van der Waals surface area contributed by atoms with Gasteiger partial charge in [0.2, 0.25) is 0 Å². The number of nitrogens with one attached hydrogen (secondary N) is 1. The number of ether oxygens (including phenoxy) is 1. The first kappa shape index (κ1) is 13.9. The third-order valence-electron chi connectivity index (χ3n) is 3.90. The van der Waals surface area contributed by atoms with E-state index in [1.165, 1.54) is 0 Å². The molecule has 1 unspecified atom stereocenters. The Balaban J connectivity index is 2.02. The number of hydrogen-bond donors (Lipinski definition) is 2. The summed E-state index contributed by atoms with van der Waals surface area (Å²) in [6.07, 6.45) is 2.01. The molecule has 2 rings (SSSR count). The minimum Gasteiger partial charge on any atom is -0.398 e. The smallest absolute Gasteiger partial charge is 0.253 e. The lowest BCUT2D eigenvalue weighted by Crippen LogP contribution is -2.40. The molecule has 1 aliphatic heterocycles. The number of carbonyl (C=O) groups is 1. The zero-order valence-electron chi connectivity index (χ0n) is 11.6. The summed E-state index contributed by atoms with van der Waals surface area (Å²) in [5.41, 5.74) is 8.03. The number of nitrogens with two attached hydrogens (primary N) is 1. The number of anilines is 1. The van der Waals surface area contributed by atoms with Crippen LogP contribution in [-0.4, -0.2) is 25.2 Å². The second kappa shape index (κ2) is 6.06. The highest BCUT2D eigenvalue weighted by molar-refractivity contribution is 5.99. The molecule has 19 heavy (non-hydrogen) atoms. The fraction of sp³-hybridized carbons (Fsp3) is 0.533. The molecule has 4 nitrogen and oxygen atoms in total. The fourth-order valence-corrected chi connectivity index (χ4v) is 2.50.